The molecule has 0 aliphatic carbocycles. The molecule has 2 aromatic carbocycles. The minimum atomic E-state index is -3.72. The van der Waals surface area contributed by atoms with Crippen LogP contribution in [0.2, 0.25) is 0 Å². The molecule has 4 rings (SSSR count). The van der Waals surface area contributed by atoms with Crippen molar-refractivity contribution in [3.63, 3.8) is 0 Å². The summed E-state index contributed by atoms with van der Waals surface area (Å²) in [6.07, 6.45) is 0.885. The normalized spacial score (nSPS) is 16.1. The van der Waals surface area contributed by atoms with Gasteiger partial charge in [-0.15, -0.1) is 0 Å². The molecule has 2 heterocycles. The van der Waals surface area contributed by atoms with Gasteiger partial charge >= 0.3 is 0 Å². The second kappa shape index (κ2) is 10.9. The van der Waals surface area contributed by atoms with Crippen molar-refractivity contribution in [2.75, 3.05) is 37.7 Å². The summed E-state index contributed by atoms with van der Waals surface area (Å²) in [4.78, 5) is 28.9. The van der Waals surface area contributed by atoms with E-state index in [0.717, 1.165) is 16.8 Å². The molecule has 0 aromatic heterocycles. The predicted octanol–water partition coefficient (Wildman–Crippen LogP) is 2.81. The maximum absolute atomic E-state index is 13.5. The molecule has 0 radical (unpaired) electrons. The summed E-state index contributed by atoms with van der Waals surface area (Å²) < 4.78 is 33.8. The van der Waals surface area contributed by atoms with Gasteiger partial charge in [0.15, 0.2) is 0 Å². The first-order valence-corrected chi connectivity index (χ1v) is 13.6. The Kier molecular flexibility index (Phi) is 7.88. The Morgan fingerprint density at radius 2 is 1.66 bits per heavy atom. The van der Waals surface area contributed by atoms with E-state index < -0.39 is 10.0 Å². The number of sulfonamides is 1. The SMILES string of the molecule is CC(C)N(Cc1ccccc1)S(=O)(=O)c1ccc2c(c1)CCN2C(=O)CCC(=O)N1CCOCC1. The lowest BCUT2D eigenvalue weighted by Crippen LogP contribution is -2.41. The second-order valence-corrected chi connectivity index (χ2v) is 11.1. The second-order valence-electron chi connectivity index (χ2n) is 9.21. The number of hydrogen-bond donors (Lipinski definition) is 0. The van der Waals surface area contributed by atoms with E-state index in [1.807, 2.05) is 44.2 Å². The molecule has 2 aliphatic heterocycles. The van der Waals surface area contributed by atoms with Crippen molar-refractivity contribution in [2.24, 2.45) is 0 Å². The van der Waals surface area contributed by atoms with Gasteiger partial charge in [0.2, 0.25) is 21.8 Å². The Morgan fingerprint density at radius 3 is 2.34 bits per heavy atom. The van der Waals surface area contributed by atoms with Crippen LogP contribution >= 0.6 is 0 Å². The average Bonchev–Trinajstić information content (AvgIpc) is 3.30. The number of benzene rings is 2. The molecular formula is C26H33N3O5S. The fourth-order valence-corrected chi connectivity index (χ4v) is 6.24. The molecule has 188 valence electrons. The molecule has 2 amide bonds. The number of amides is 2. The lowest BCUT2D eigenvalue weighted by Gasteiger charge is -2.27. The summed E-state index contributed by atoms with van der Waals surface area (Å²) in [7, 11) is -3.72. The van der Waals surface area contributed by atoms with E-state index in [1.54, 1.807) is 28.0 Å². The zero-order chi connectivity index (χ0) is 25.0. The zero-order valence-corrected chi connectivity index (χ0v) is 21.2. The fourth-order valence-electron chi connectivity index (χ4n) is 4.56. The van der Waals surface area contributed by atoms with Gasteiger partial charge in [0.05, 0.1) is 18.1 Å². The first kappa shape index (κ1) is 25.3. The highest BCUT2D eigenvalue weighted by Gasteiger charge is 2.31. The molecule has 0 unspecified atom stereocenters. The van der Waals surface area contributed by atoms with Crippen LogP contribution in [0, 0.1) is 0 Å². The topological polar surface area (TPSA) is 87.2 Å². The quantitative estimate of drug-likeness (QED) is 0.558. The van der Waals surface area contributed by atoms with Crippen LogP contribution < -0.4 is 4.90 Å². The largest absolute Gasteiger partial charge is 0.378 e. The maximum Gasteiger partial charge on any atom is 0.243 e. The van der Waals surface area contributed by atoms with Crippen LogP contribution in [0.25, 0.3) is 0 Å². The van der Waals surface area contributed by atoms with Gasteiger partial charge in [-0.05, 0) is 49.6 Å². The molecule has 0 saturated carbocycles. The van der Waals surface area contributed by atoms with Crippen molar-refractivity contribution in [2.45, 2.75) is 50.6 Å². The molecule has 2 aromatic rings. The first-order valence-electron chi connectivity index (χ1n) is 12.1. The molecule has 2 aliphatic rings. The highest BCUT2D eigenvalue weighted by atomic mass is 32.2. The molecule has 0 bridgehead atoms. The molecule has 8 nitrogen and oxygen atoms in total. The smallest absolute Gasteiger partial charge is 0.243 e. The van der Waals surface area contributed by atoms with Crippen molar-refractivity contribution in [1.82, 2.24) is 9.21 Å². The van der Waals surface area contributed by atoms with E-state index in [0.29, 0.717) is 45.8 Å². The Bertz CT molecular complexity index is 1160. The van der Waals surface area contributed by atoms with Crippen molar-refractivity contribution >= 4 is 27.5 Å². The number of fused-ring (bicyclic) bond motifs is 1. The lowest BCUT2D eigenvalue weighted by atomic mass is 10.2. The molecular weight excluding hydrogens is 466 g/mol. The number of ether oxygens (including phenoxy) is 1. The average molecular weight is 500 g/mol. The van der Waals surface area contributed by atoms with E-state index in [4.69, 9.17) is 4.74 Å². The first-order chi connectivity index (χ1) is 16.8. The molecule has 0 N–H and O–H groups in total. The number of rotatable bonds is 8. The van der Waals surface area contributed by atoms with Crippen LogP contribution in [0.4, 0.5) is 5.69 Å². The maximum atomic E-state index is 13.5. The van der Waals surface area contributed by atoms with E-state index >= 15 is 0 Å². The van der Waals surface area contributed by atoms with Crippen LogP contribution in [-0.4, -0.2) is 68.3 Å². The number of carbonyl (C=O) groups excluding carboxylic acids is 2. The summed E-state index contributed by atoms with van der Waals surface area (Å²) in [6.45, 7) is 6.71. The third-order valence-corrected chi connectivity index (χ3v) is 8.55. The molecule has 35 heavy (non-hydrogen) atoms. The number of morpholine rings is 1. The number of carbonyl (C=O) groups is 2. The Labute approximate surface area is 207 Å². The molecule has 1 fully saturated rings. The van der Waals surface area contributed by atoms with Crippen LogP contribution in [0.5, 0.6) is 0 Å². The molecule has 1 saturated heterocycles. The summed E-state index contributed by atoms with van der Waals surface area (Å²) in [5.41, 5.74) is 2.49. The van der Waals surface area contributed by atoms with Crippen molar-refractivity contribution in [3.05, 3.63) is 59.7 Å². The summed E-state index contributed by atoms with van der Waals surface area (Å²) in [5, 5.41) is 0. The number of nitrogens with zero attached hydrogens (tertiary/aromatic N) is 3. The van der Waals surface area contributed by atoms with Crippen molar-refractivity contribution in [3.8, 4) is 0 Å². The van der Waals surface area contributed by atoms with Crippen LogP contribution in [0.1, 0.15) is 37.8 Å². The highest BCUT2D eigenvalue weighted by molar-refractivity contribution is 7.89. The van der Waals surface area contributed by atoms with Gasteiger partial charge in [0.25, 0.3) is 0 Å². The van der Waals surface area contributed by atoms with Crippen molar-refractivity contribution < 1.29 is 22.7 Å². The minimum absolute atomic E-state index is 0.0327. The van der Waals surface area contributed by atoms with Gasteiger partial charge in [-0.1, -0.05) is 30.3 Å². The van der Waals surface area contributed by atoms with E-state index in [9.17, 15) is 18.0 Å². The minimum Gasteiger partial charge on any atom is -0.378 e. The Hall–Kier alpha value is -2.75. The van der Waals surface area contributed by atoms with Gasteiger partial charge in [-0.2, -0.15) is 4.31 Å². The van der Waals surface area contributed by atoms with Gasteiger partial charge in [-0.25, -0.2) is 8.42 Å². The van der Waals surface area contributed by atoms with Gasteiger partial charge in [0, 0.05) is 50.7 Å². The zero-order valence-electron chi connectivity index (χ0n) is 20.4. The lowest BCUT2D eigenvalue weighted by molar-refractivity contribution is -0.136. The van der Waals surface area contributed by atoms with E-state index in [-0.39, 0.29) is 35.6 Å². The molecule has 0 spiro atoms. The Balaban J connectivity index is 1.45. The molecule has 9 heteroatoms. The van der Waals surface area contributed by atoms with E-state index in [1.165, 1.54) is 4.31 Å². The van der Waals surface area contributed by atoms with Gasteiger partial charge in [-0.3, -0.25) is 9.59 Å². The number of anilines is 1. The van der Waals surface area contributed by atoms with E-state index in [2.05, 4.69) is 0 Å². The van der Waals surface area contributed by atoms with Gasteiger partial charge in [0.1, 0.15) is 0 Å². The van der Waals surface area contributed by atoms with Crippen LogP contribution in [0.3, 0.4) is 0 Å². The fraction of sp³-hybridized carbons (Fsp3) is 0.462. The van der Waals surface area contributed by atoms with Crippen LogP contribution in [0.15, 0.2) is 53.4 Å². The summed E-state index contributed by atoms with van der Waals surface area (Å²) in [5.74, 6) is -0.149. The highest BCUT2D eigenvalue weighted by Crippen LogP contribution is 2.32. The molecule has 0 atom stereocenters. The standard InChI is InChI=1S/C26H33N3O5S/c1-20(2)29(19-21-6-4-3-5-7-21)35(32,33)23-8-9-24-22(18-23)12-13-28(24)26(31)11-10-25(30)27-14-16-34-17-15-27/h3-9,18,20H,10-17,19H2,1-2H3. The summed E-state index contributed by atoms with van der Waals surface area (Å²) >= 11 is 0. The van der Waals surface area contributed by atoms with Gasteiger partial charge < -0.3 is 14.5 Å². The third kappa shape index (κ3) is 5.74. The summed E-state index contributed by atoms with van der Waals surface area (Å²) in [6, 6.07) is 14.3. The predicted molar refractivity (Wildman–Crippen MR) is 133 cm³/mol. The number of hydrogen-bond acceptors (Lipinski definition) is 5. The monoisotopic (exact) mass is 499 g/mol. The Morgan fingerprint density at radius 1 is 0.971 bits per heavy atom. The van der Waals surface area contributed by atoms with Crippen LogP contribution in [-0.2, 0) is 37.3 Å². The third-order valence-electron chi connectivity index (χ3n) is 6.53. The van der Waals surface area contributed by atoms with Crippen molar-refractivity contribution in [1.29, 1.82) is 0 Å².